The van der Waals surface area contributed by atoms with E-state index in [1.165, 1.54) is 71.3 Å². The van der Waals surface area contributed by atoms with Crippen molar-refractivity contribution in [3.05, 3.63) is 223 Å². The second kappa shape index (κ2) is 17.2. The number of H-pyrrole nitrogens is 1. The van der Waals surface area contributed by atoms with Gasteiger partial charge in [-0.15, -0.1) is 0 Å². The van der Waals surface area contributed by atoms with E-state index in [0.29, 0.717) is 0 Å². The Kier molecular flexibility index (Phi) is 11.1. The number of nitrogens with one attached hydrogen (secondary N) is 1. The van der Waals surface area contributed by atoms with Crippen molar-refractivity contribution in [1.29, 1.82) is 0 Å². The van der Waals surface area contributed by atoms with Gasteiger partial charge in [-0.3, -0.25) is 0 Å². The first-order valence-corrected chi connectivity index (χ1v) is 21.6. The molecule has 0 spiro atoms. The molecule has 0 atom stereocenters. The number of hydrogen-bond donors (Lipinski definition) is 1. The molecule has 0 unspecified atom stereocenters. The number of aromatic nitrogens is 2. The molecule has 0 saturated heterocycles. The third-order valence-corrected chi connectivity index (χ3v) is 12.1. The van der Waals surface area contributed by atoms with Crippen LogP contribution in [0, 0.1) is 6.92 Å². The zero-order chi connectivity index (χ0) is 42.7. The first kappa shape index (κ1) is 39.9. The Hall–Kier alpha value is -7.49. The summed E-state index contributed by atoms with van der Waals surface area (Å²) in [5.41, 5.74) is 16.3. The van der Waals surface area contributed by atoms with Gasteiger partial charge in [0, 0.05) is 39.8 Å². The summed E-state index contributed by atoms with van der Waals surface area (Å²) in [5, 5.41) is 7.42. The molecule has 0 radical (unpaired) electrons. The third kappa shape index (κ3) is 7.70. The number of rotatable bonds is 7. The maximum atomic E-state index is 4.90. The number of benzene rings is 7. The largest absolute Gasteiger partial charge is 0.354 e. The molecule has 3 heteroatoms. The Labute approximate surface area is 365 Å². The molecule has 2 aromatic heterocycles. The highest BCUT2D eigenvalue weighted by atomic mass is 15.2. The van der Waals surface area contributed by atoms with Gasteiger partial charge in [-0.1, -0.05) is 147 Å². The highest BCUT2D eigenvalue weighted by Crippen LogP contribution is 2.43. The van der Waals surface area contributed by atoms with E-state index in [4.69, 9.17) is 11.6 Å². The molecule has 0 fully saturated rings. The zero-order valence-corrected chi connectivity index (χ0v) is 36.0. The van der Waals surface area contributed by atoms with Crippen LogP contribution >= 0.6 is 0 Å². The van der Waals surface area contributed by atoms with Crippen molar-refractivity contribution in [3.8, 4) is 22.3 Å². The number of anilines is 2. The Morgan fingerprint density at radius 2 is 1.37 bits per heavy atom. The number of fused-ring (bicyclic) bond motifs is 6. The first-order valence-electron chi connectivity index (χ1n) is 21.6. The van der Waals surface area contributed by atoms with E-state index >= 15 is 0 Å². The maximum absolute atomic E-state index is 4.90. The van der Waals surface area contributed by atoms with E-state index in [0.717, 1.165) is 57.7 Å². The lowest BCUT2D eigenvalue weighted by Gasteiger charge is -2.27. The summed E-state index contributed by atoms with van der Waals surface area (Å²) < 4.78 is 0. The van der Waals surface area contributed by atoms with Crippen LogP contribution in [-0.4, -0.2) is 9.97 Å². The summed E-state index contributed by atoms with van der Waals surface area (Å²) in [6.45, 7) is 16.7. The Bertz CT molecular complexity index is 3270. The molecule has 3 nitrogen and oxygen atoms in total. The van der Waals surface area contributed by atoms with Crippen molar-refractivity contribution in [1.82, 2.24) is 9.97 Å². The number of pyridine rings is 1. The molecular weight excluding hydrogens is 751 g/mol. The number of hydrogen-bond acceptors (Lipinski definition) is 2. The molecule has 302 valence electrons. The zero-order valence-electron chi connectivity index (χ0n) is 36.0. The fraction of sp³-hybridized carbons (Fsp3) is 0.102. The van der Waals surface area contributed by atoms with Crippen molar-refractivity contribution < 1.29 is 0 Å². The molecule has 7 aromatic carbocycles. The highest BCUT2D eigenvalue weighted by Gasteiger charge is 2.22. The Morgan fingerprint density at radius 3 is 2.08 bits per heavy atom. The number of nitrogens with zero attached hydrogens (tertiary/aromatic N) is 2. The molecule has 0 aliphatic carbocycles. The third-order valence-electron chi connectivity index (χ3n) is 12.1. The van der Waals surface area contributed by atoms with Crippen LogP contribution in [0.2, 0.25) is 0 Å². The summed E-state index contributed by atoms with van der Waals surface area (Å²) in [4.78, 5) is 10.9. The van der Waals surface area contributed by atoms with Gasteiger partial charge in [-0.05, 0) is 153 Å². The van der Waals surface area contributed by atoms with Crippen molar-refractivity contribution >= 4 is 66.0 Å². The topological polar surface area (TPSA) is 31.9 Å². The van der Waals surface area contributed by atoms with Gasteiger partial charge in [0.1, 0.15) is 5.82 Å². The standard InChI is InChI=1S/C53H41N3.C6H10/c1-4-11-38-30-47-35(3)29-41(45-19-10-15-37-13-6-8-17-43(37)45)25-27-56(53-28-34(2)24-26-54-53)52(47)33-48(38)40-20-22-46-49-31-39(21-23-50(49)55-51(46)32-40)44-18-9-14-36-12-5-7-16-42(36)44;1-4-6(3)5-2/h5-10,12-33,55H,3-4,11H2,1-2H3;4-5H,1H2,2-3H3/b27-25-,41-29+;6-5-. The predicted octanol–water partition coefficient (Wildman–Crippen LogP) is 16.5. The van der Waals surface area contributed by atoms with Crippen molar-refractivity contribution in [3.63, 3.8) is 0 Å². The lowest BCUT2D eigenvalue weighted by atomic mass is 9.88. The van der Waals surface area contributed by atoms with Crippen LogP contribution in [0.15, 0.2) is 201 Å². The fourth-order valence-electron chi connectivity index (χ4n) is 8.71. The minimum atomic E-state index is 0.872. The predicted molar refractivity (Wildman–Crippen MR) is 269 cm³/mol. The lowest BCUT2D eigenvalue weighted by Crippen LogP contribution is -2.14. The van der Waals surface area contributed by atoms with Crippen LogP contribution in [-0.2, 0) is 6.42 Å². The van der Waals surface area contributed by atoms with E-state index in [1.54, 1.807) is 0 Å². The van der Waals surface area contributed by atoms with Gasteiger partial charge in [0.25, 0.3) is 0 Å². The van der Waals surface area contributed by atoms with Crippen LogP contribution in [0.1, 0.15) is 49.4 Å². The normalized spacial score (nSPS) is 14.2. The van der Waals surface area contributed by atoms with E-state index < -0.39 is 0 Å². The monoisotopic (exact) mass is 801 g/mol. The van der Waals surface area contributed by atoms with Gasteiger partial charge in [-0.2, -0.15) is 0 Å². The summed E-state index contributed by atoms with van der Waals surface area (Å²) in [6, 6.07) is 53.0. The second-order valence-electron chi connectivity index (χ2n) is 16.2. The molecular formula is C59H51N3. The quantitative estimate of drug-likeness (QED) is 0.163. The molecule has 62 heavy (non-hydrogen) atoms. The van der Waals surface area contributed by atoms with Crippen LogP contribution in [0.4, 0.5) is 11.5 Å². The average Bonchev–Trinajstić information content (AvgIpc) is 3.67. The molecule has 10 rings (SSSR count). The van der Waals surface area contributed by atoms with Gasteiger partial charge < -0.3 is 9.88 Å². The molecule has 0 bridgehead atoms. The van der Waals surface area contributed by atoms with Crippen molar-refractivity contribution in [2.24, 2.45) is 0 Å². The summed E-state index contributed by atoms with van der Waals surface area (Å²) in [6.07, 6.45) is 14.4. The highest BCUT2D eigenvalue weighted by molar-refractivity contribution is 6.11. The van der Waals surface area contributed by atoms with Crippen LogP contribution in [0.25, 0.3) is 76.8 Å². The molecule has 0 amide bonds. The van der Waals surface area contributed by atoms with Gasteiger partial charge in [0.2, 0.25) is 0 Å². The van der Waals surface area contributed by atoms with Crippen molar-refractivity contribution in [2.45, 2.75) is 40.5 Å². The average molecular weight is 802 g/mol. The fourth-order valence-corrected chi connectivity index (χ4v) is 8.71. The minimum Gasteiger partial charge on any atom is -0.354 e. The van der Waals surface area contributed by atoms with Crippen LogP contribution in [0.5, 0.6) is 0 Å². The maximum Gasteiger partial charge on any atom is 0.137 e. The van der Waals surface area contributed by atoms with Gasteiger partial charge >= 0.3 is 0 Å². The number of aromatic amines is 1. The first-order chi connectivity index (χ1) is 30.3. The number of allylic oxidation sites excluding steroid dienone is 7. The van der Waals surface area contributed by atoms with Gasteiger partial charge in [-0.25, -0.2) is 4.98 Å². The van der Waals surface area contributed by atoms with E-state index in [2.05, 4.69) is 194 Å². The SMILES string of the molecule is C=C/C(C)=C\C.C=C1/C=C(c2cccc3ccccc23)\C=C/N(c2cc(C)ccn2)c2cc(-c3ccc4c(c3)[nH]c3ccc(-c5cccc6ccccc56)cc34)c(CCC)cc21. The number of aryl methyl sites for hydroxylation is 2. The van der Waals surface area contributed by atoms with Crippen LogP contribution in [0.3, 0.4) is 0 Å². The minimum absolute atomic E-state index is 0.872. The Balaban J connectivity index is 0.000000765. The molecule has 1 aliphatic rings. The summed E-state index contributed by atoms with van der Waals surface area (Å²) in [7, 11) is 0. The van der Waals surface area contributed by atoms with E-state index in [1.807, 2.05) is 32.2 Å². The lowest BCUT2D eigenvalue weighted by molar-refractivity contribution is 0.922. The molecule has 1 aliphatic heterocycles. The summed E-state index contributed by atoms with van der Waals surface area (Å²) >= 11 is 0. The Morgan fingerprint density at radius 1 is 0.677 bits per heavy atom. The van der Waals surface area contributed by atoms with E-state index in [-0.39, 0.29) is 0 Å². The molecule has 9 aromatic rings. The van der Waals surface area contributed by atoms with Gasteiger partial charge in [0.05, 0.1) is 5.69 Å². The molecule has 3 heterocycles. The van der Waals surface area contributed by atoms with Crippen LogP contribution < -0.4 is 4.90 Å². The second-order valence-corrected chi connectivity index (χ2v) is 16.2. The molecule has 0 saturated carbocycles. The summed E-state index contributed by atoms with van der Waals surface area (Å²) in [5.74, 6) is 0.872. The van der Waals surface area contributed by atoms with Gasteiger partial charge in [0.15, 0.2) is 0 Å². The molecule has 1 N–H and O–H groups in total. The smallest absolute Gasteiger partial charge is 0.137 e. The van der Waals surface area contributed by atoms with E-state index in [9.17, 15) is 0 Å². The van der Waals surface area contributed by atoms with Crippen molar-refractivity contribution in [2.75, 3.05) is 4.90 Å².